The van der Waals surface area contributed by atoms with E-state index in [9.17, 15) is 4.79 Å². The van der Waals surface area contributed by atoms with Crippen molar-refractivity contribution in [3.63, 3.8) is 0 Å². The number of hydrogen-bond donors (Lipinski definition) is 1. The number of nitrogens with two attached hydrogens (primary N) is 1. The first-order chi connectivity index (χ1) is 9.38. The van der Waals surface area contributed by atoms with Crippen LogP contribution in [0.15, 0.2) is 12.1 Å². The van der Waals surface area contributed by atoms with E-state index in [0.29, 0.717) is 17.2 Å². The topological polar surface area (TPSA) is 52.3 Å². The van der Waals surface area contributed by atoms with Crippen LogP contribution in [0.2, 0.25) is 0 Å². The number of hydrogen-bond acceptors (Lipinski definition) is 3. The van der Waals surface area contributed by atoms with Gasteiger partial charge in [0.2, 0.25) is 0 Å². The molecule has 1 aliphatic carbocycles. The molecule has 0 radical (unpaired) electrons. The quantitative estimate of drug-likeness (QED) is 0.658. The van der Waals surface area contributed by atoms with Crippen molar-refractivity contribution in [2.45, 2.75) is 53.1 Å². The third-order valence-electron chi connectivity index (χ3n) is 4.73. The minimum absolute atomic E-state index is 0.0508. The molecule has 0 saturated heterocycles. The monoisotopic (exact) mass is 275 g/mol. The summed E-state index contributed by atoms with van der Waals surface area (Å²) in [7, 11) is 0. The zero-order valence-corrected chi connectivity index (χ0v) is 12.9. The molecule has 3 nitrogen and oxygen atoms in total. The molecule has 1 fully saturated rings. The van der Waals surface area contributed by atoms with Crippen LogP contribution in [0.25, 0.3) is 0 Å². The zero-order chi connectivity index (χ0) is 14.9. The maximum absolute atomic E-state index is 12.3. The van der Waals surface area contributed by atoms with Gasteiger partial charge in [-0.25, -0.2) is 4.79 Å². The van der Waals surface area contributed by atoms with Gasteiger partial charge >= 0.3 is 5.97 Å². The van der Waals surface area contributed by atoms with E-state index >= 15 is 0 Å². The summed E-state index contributed by atoms with van der Waals surface area (Å²) in [6.45, 7) is 8.42. The van der Waals surface area contributed by atoms with Gasteiger partial charge in [-0.2, -0.15) is 0 Å². The number of ether oxygens (including phenoxy) is 1. The number of anilines is 1. The van der Waals surface area contributed by atoms with Crippen molar-refractivity contribution >= 4 is 11.7 Å². The second-order valence-corrected chi connectivity index (χ2v) is 6.31. The summed E-state index contributed by atoms with van der Waals surface area (Å²) in [6, 6.07) is 3.61. The van der Waals surface area contributed by atoms with E-state index in [1.165, 1.54) is 0 Å². The SMILES string of the molecule is Cc1cc(N)cc(C(=O)OC2CCC(C)C(C)C2)c1C. The van der Waals surface area contributed by atoms with Gasteiger partial charge in [0, 0.05) is 5.69 Å². The molecule has 20 heavy (non-hydrogen) atoms. The highest BCUT2D eigenvalue weighted by molar-refractivity contribution is 5.92. The molecule has 3 atom stereocenters. The van der Waals surface area contributed by atoms with E-state index in [2.05, 4.69) is 13.8 Å². The molecular formula is C17H25NO2. The Labute approximate surface area is 121 Å². The second-order valence-electron chi connectivity index (χ2n) is 6.31. The van der Waals surface area contributed by atoms with Gasteiger partial charge in [-0.15, -0.1) is 0 Å². The Bertz CT molecular complexity index is 510. The van der Waals surface area contributed by atoms with Gasteiger partial charge < -0.3 is 10.5 Å². The Hall–Kier alpha value is -1.51. The molecule has 3 heteroatoms. The van der Waals surface area contributed by atoms with Crippen LogP contribution in [0, 0.1) is 25.7 Å². The van der Waals surface area contributed by atoms with Crippen molar-refractivity contribution in [1.29, 1.82) is 0 Å². The first-order valence-electron chi connectivity index (χ1n) is 7.46. The molecule has 0 heterocycles. The van der Waals surface area contributed by atoms with Crippen LogP contribution in [0.5, 0.6) is 0 Å². The van der Waals surface area contributed by atoms with Crippen molar-refractivity contribution in [1.82, 2.24) is 0 Å². The number of esters is 1. The Morgan fingerprint density at radius 1 is 1.20 bits per heavy atom. The summed E-state index contributed by atoms with van der Waals surface area (Å²) < 4.78 is 5.69. The maximum atomic E-state index is 12.3. The van der Waals surface area contributed by atoms with E-state index in [1.54, 1.807) is 6.07 Å². The Balaban J connectivity index is 2.09. The summed E-state index contributed by atoms with van der Waals surface area (Å²) in [5.41, 5.74) is 9.04. The Kier molecular flexibility index (Phi) is 4.36. The minimum atomic E-state index is -0.232. The van der Waals surface area contributed by atoms with Gasteiger partial charge in [0.15, 0.2) is 0 Å². The summed E-state index contributed by atoms with van der Waals surface area (Å²) in [6.07, 6.45) is 3.12. The maximum Gasteiger partial charge on any atom is 0.338 e. The summed E-state index contributed by atoms with van der Waals surface area (Å²) in [4.78, 5) is 12.3. The lowest BCUT2D eigenvalue weighted by atomic mass is 9.80. The van der Waals surface area contributed by atoms with Crippen molar-refractivity contribution in [3.05, 3.63) is 28.8 Å². The number of carbonyl (C=O) groups is 1. The molecule has 3 unspecified atom stereocenters. The van der Waals surface area contributed by atoms with Crippen molar-refractivity contribution in [2.75, 3.05) is 5.73 Å². The molecule has 1 saturated carbocycles. The summed E-state index contributed by atoms with van der Waals surface area (Å²) >= 11 is 0. The molecule has 0 aromatic heterocycles. The molecule has 1 aromatic carbocycles. The van der Waals surface area contributed by atoms with Gasteiger partial charge in [-0.05, 0) is 68.2 Å². The van der Waals surface area contributed by atoms with Crippen LogP contribution < -0.4 is 5.73 Å². The largest absolute Gasteiger partial charge is 0.459 e. The minimum Gasteiger partial charge on any atom is -0.459 e. The molecule has 0 amide bonds. The number of nitrogen functional groups attached to an aromatic ring is 1. The molecule has 2 N–H and O–H groups in total. The molecule has 0 spiro atoms. The number of carbonyl (C=O) groups excluding carboxylic acids is 1. The summed E-state index contributed by atoms with van der Waals surface area (Å²) in [5, 5.41) is 0. The molecule has 110 valence electrons. The smallest absolute Gasteiger partial charge is 0.338 e. The van der Waals surface area contributed by atoms with Crippen molar-refractivity contribution in [2.24, 2.45) is 11.8 Å². The first-order valence-corrected chi connectivity index (χ1v) is 7.46. The van der Waals surface area contributed by atoms with Crippen LogP contribution in [0.1, 0.15) is 54.6 Å². The van der Waals surface area contributed by atoms with Crippen molar-refractivity contribution < 1.29 is 9.53 Å². The van der Waals surface area contributed by atoms with Gasteiger partial charge in [-0.3, -0.25) is 0 Å². The van der Waals surface area contributed by atoms with E-state index < -0.39 is 0 Å². The molecule has 0 bridgehead atoms. The lowest BCUT2D eigenvalue weighted by molar-refractivity contribution is 0.00871. The normalized spacial score (nSPS) is 26.3. The lowest BCUT2D eigenvalue weighted by Crippen LogP contribution is -2.29. The number of benzene rings is 1. The third kappa shape index (κ3) is 3.14. The predicted molar refractivity (Wildman–Crippen MR) is 81.7 cm³/mol. The molecular weight excluding hydrogens is 250 g/mol. The first kappa shape index (κ1) is 14.9. The highest BCUT2D eigenvalue weighted by Crippen LogP contribution is 2.31. The Morgan fingerprint density at radius 3 is 2.55 bits per heavy atom. The highest BCUT2D eigenvalue weighted by Gasteiger charge is 2.27. The molecule has 2 rings (SSSR count). The van der Waals surface area contributed by atoms with Crippen molar-refractivity contribution in [3.8, 4) is 0 Å². The van der Waals surface area contributed by atoms with Gasteiger partial charge in [0.05, 0.1) is 5.56 Å². The third-order valence-corrected chi connectivity index (χ3v) is 4.73. The second kappa shape index (κ2) is 5.86. The molecule has 0 aliphatic heterocycles. The van der Waals surface area contributed by atoms with Gasteiger partial charge in [-0.1, -0.05) is 13.8 Å². The zero-order valence-electron chi connectivity index (χ0n) is 12.9. The van der Waals surface area contributed by atoms with Crippen LogP contribution in [0.4, 0.5) is 5.69 Å². The fraction of sp³-hybridized carbons (Fsp3) is 0.588. The van der Waals surface area contributed by atoms with E-state index in [-0.39, 0.29) is 12.1 Å². The predicted octanol–water partition coefficient (Wildman–Crippen LogP) is 3.87. The fourth-order valence-electron chi connectivity index (χ4n) is 2.92. The molecule has 1 aromatic rings. The average molecular weight is 275 g/mol. The van der Waals surface area contributed by atoms with Gasteiger partial charge in [0.25, 0.3) is 0 Å². The van der Waals surface area contributed by atoms with Gasteiger partial charge in [0.1, 0.15) is 6.10 Å². The summed E-state index contributed by atoms with van der Waals surface area (Å²) in [5.74, 6) is 1.11. The number of aryl methyl sites for hydroxylation is 1. The standard InChI is InChI=1S/C17H25NO2/c1-10-5-6-15(8-11(10)2)20-17(19)16-9-14(18)7-12(3)13(16)4/h7,9-11,15H,5-6,8,18H2,1-4H3. The van der Waals surface area contributed by atoms with E-state index in [4.69, 9.17) is 10.5 Å². The van der Waals surface area contributed by atoms with Crippen LogP contribution in [-0.4, -0.2) is 12.1 Å². The van der Waals surface area contributed by atoms with E-state index in [0.717, 1.165) is 36.3 Å². The van der Waals surface area contributed by atoms with Crippen LogP contribution in [0.3, 0.4) is 0 Å². The number of rotatable bonds is 2. The van der Waals surface area contributed by atoms with Crippen LogP contribution in [-0.2, 0) is 4.74 Å². The van der Waals surface area contributed by atoms with E-state index in [1.807, 2.05) is 19.9 Å². The Morgan fingerprint density at radius 2 is 1.90 bits per heavy atom. The van der Waals surface area contributed by atoms with Crippen LogP contribution >= 0.6 is 0 Å². The lowest BCUT2D eigenvalue weighted by Gasteiger charge is -2.31. The highest BCUT2D eigenvalue weighted by atomic mass is 16.5. The molecule has 1 aliphatic rings. The average Bonchev–Trinajstić information content (AvgIpc) is 2.38. The fourth-order valence-corrected chi connectivity index (χ4v) is 2.92.